The van der Waals surface area contributed by atoms with Crippen molar-refractivity contribution in [2.45, 2.75) is 84.4 Å². The second-order valence-electron chi connectivity index (χ2n) is 19.0. The van der Waals surface area contributed by atoms with Crippen molar-refractivity contribution in [2.75, 3.05) is 48.8 Å². The zero-order valence-corrected chi connectivity index (χ0v) is 41.2. The number of hydrogen-bond donors (Lipinski definition) is 7. The van der Waals surface area contributed by atoms with Gasteiger partial charge in [-0.3, -0.25) is 28.9 Å². The molecule has 1 unspecified atom stereocenters. The molecule has 5 atom stereocenters. The normalized spacial score (nSPS) is 17.6. The van der Waals surface area contributed by atoms with Gasteiger partial charge in [-0.2, -0.15) is 9.97 Å². The summed E-state index contributed by atoms with van der Waals surface area (Å²) in [6, 6.07) is 11.3. The number of nitrogens with zero attached hydrogens (tertiary/aromatic N) is 6. The Morgan fingerprint density at radius 1 is 0.918 bits per heavy atom. The van der Waals surface area contributed by atoms with Crippen LogP contribution in [0.4, 0.5) is 26.8 Å². The number of carbonyl (C=O) groups excluding carboxylic acids is 7. The minimum absolute atomic E-state index is 0.0121. The minimum Gasteiger partial charge on any atom is -0.445 e. The van der Waals surface area contributed by atoms with Crippen LogP contribution >= 0.6 is 0 Å². The van der Waals surface area contributed by atoms with Crippen molar-refractivity contribution in [3.63, 3.8) is 0 Å². The van der Waals surface area contributed by atoms with Gasteiger partial charge in [-0.1, -0.05) is 44.5 Å². The second-order valence-corrected chi connectivity index (χ2v) is 19.0. The molecule has 1 saturated heterocycles. The van der Waals surface area contributed by atoms with Crippen LogP contribution in [-0.4, -0.2) is 117 Å². The highest BCUT2D eigenvalue weighted by Gasteiger charge is 2.57. The number of para-hydroxylation sites is 1. The average Bonchev–Trinajstić information content (AvgIpc) is 3.68. The molecule has 22 nitrogen and oxygen atoms in total. The highest BCUT2D eigenvalue weighted by molar-refractivity contribution is 6.15. The molecule has 5 aromatic rings. The maximum atomic E-state index is 13.7. The van der Waals surface area contributed by atoms with Gasteiger partial charge in [-0.15, -0.1) is 0 Å². The lowest BCUT2D eigenvalue weighted by Crippen LogP contribution is -2.45. The van der Waals surface area contributed by atoms with Crippen LogP contribution < -0.4 is 42.0 Å². The topological polar surface area (TPSA) is 298 Å². The monoisotopic (exact) mass is 999 g/mol. The molecule has 2 fully saturated rings. The molecule has 0 radical (unpaired) electrons. The highest BCUT2D eigenvalue weighted by atomic mass is 16.5. The molecule has 8 N–H and O–H groups in total. The van der Waals surface area contributed by atoms with Crippen molar-refractivity contribution in [1.29, 1.82) is 0 Å². The molecule has 384 valence electrons. The van der Waals surface area contributed by atoms with Gasteiger partial charge in [-0.05, 0) is 62.3 Å². The van der Waals surface area contributed by atoms with E-state index in [-0.39, 0.29) is 92.3 Å². The van der Waals surface area contributed by atoms with Crippen molar-refractivity contribution in [1.82, 2.24) is 45.8 Å². The molecule has 0 bridgehead atoms. The van der Waals surface area contributed by atoms with Gasteiger partial charge in [0.25, 0.3) is 11.8 Å². The Bertz CT molecular complexity index is 2880. The van der Waals surface area contributed by atoms with Gasteiger partial charge in [0.2, 0.25) is 11.8 Å². The number of aromatic nitrogens is 5. The lowest BCUT2D eigenvalue weighted by atomic mass is 9.89. The van der Waals surface area contributed by atoms with Crippen molar-refractivity contribution < 1.29 is 43.0 Å². The number of primary amides is 1. The molecule has 7 amide bonds. The number of amides is 7. The van der Waals surface area contributed by atoms with Crippen LogP contribution in [-0.2, 0) is 35.3 Å². The van der Waals surface area contributed by atoms with Crippen molar-refractivity contribution in [3.05, 3.63) is 78.4 Å². The number of carbonyl (C=O) groups is 7. The number of alkyl carbamates (subject to hydrolysis) is 1. The Labute approximate surface area is 421 Å². The minimum atomic E-state index is -0.840. The summed E-state index contributed by atoms with van der Waals surface area (Å²) in [4.78, 5) is 113. The molecular formula is C51H61N13O9. The third kappa shape index (κ3) is 12.7. The molecule has 22 heteroatoms. The Morgan fingerprint density at radius 2 is 1.64 bits per heavy atom. The van der Waals surface area contributed by atoms with Gasteiger partial charge < -0.3 is 51.7 Å². The summed E-state index contributed by atoms with van der Waals surface area (Å²) < 4.78 is 11.7. The number of benzene rings is 2. The van der Waals surface area contributed by atoms with Crippen LogP contribution in [0, 0.1) is 30.6 Å². The summed E-state index contributed by atoms with van der Waals surface area (Å²) in [5, 5.41) is 16.3. The molecule has 2 aromatic carbocycles. The average molecular weight is 1000 g/mol. The number of unbranched alkanes of at least 4 members (excludes halogenated alkanes) is 2. The number of aryl methyl sites for hydroxylation is 1. The van der Waals surface area contributed by atoms with E-state index in [0.29, 0.717) is 67.2 Å². The fourth-order valence-electron chi connectivity index (χ4n) is 9.48. The summed E-state index contributed by atoms with van der Waals surface area (Å²) in [6.07, 6.45) is 7.33. The molecule has 0 spiro atoms. The third-order valence-corrected chi connectivity index (χ3v) is 13.4. The Kier molecular flexibility index (Phi) is 16.1. The summed E-state index contributed by atoms with van der Waals surface area (Å²) >= 11 is 0. The number of nitrogens with one attached hydrogen (secondary N) is 6. The third-order valence-electron chi connectivity index (χ3n) is 13.4. The number of hydrogen-bond acceptors (Lipinski definition) is 15. The first-order chi connectivity index (χ1) is 35.1. The molecule has 2 aliphatic heterocycles. The number of piperidine rings is 1. The number of imide groups is 1. The smallest absolute Gasteiger partial charge is 0.407 e. The van der Waals surface area contributed by atoms with Gasteiger partial charge in [-0.25, -0.2) is 19.6 Å². The number of Topliss-reactive ketones (excluding diaryl/α,β-unsaturated/α-hetero) is 1. The van der Waals surface area contributed by atoms with E-state index < -0.39 is 30.0 Å². The zero-order valence-electron chi connectivity index (χ0n) is 41.2. The first-order valence-corrected chi connectivity index (χ1v) is 24.6. The number of nitrogens with two attached hydrogens (primary N) is 1. The predicted octanol–water partition coefficient (Wildman–Crippen LogP) is 4.99. The van der Waals surface area contributed by atoms with E-state index in [2.05, 4.69) is 46.4 Å². The van der Waals surface area contributed by atoms with Crippen molar-refractivity contribution in [3.8, 4) is 11.8 Å². The number of aromatic amines is 1. The van der Waals surface area contributed by atoms with Gasteiger partial charge in [0.1, 0.15) is 23.9 Å². The van der Waals surface area contributed by atoms with Crippen LogP contribution in [0.3, 0.4) is 0 Å². The maximum absolute atomic E-state index is 13.7. The highest BCUT2D eigenvalue weighted by Crippen LogP contribution is 2.48. The number of urea groups is 1. The van der Waals surface area contributed by atoms with Gasteiger partial charge in [0.05, 0.1) is 35.0 Å². The molecule has 1 saturated carbocycles. The fraction of sp³-hybridized carbons (Fsp3) is 0.431. The van der Waals surface area contributed by atoms with E-state index >= 15 is 0 Å². The number of fused-ring (bicyclic) bond motifs is 4. The SMILES string of the molecule is CNc1cccc2c1[nH]c1nc(Oc3cnc(C)nc3)nc(N3C[C@@H]4C(NC(=O)OCc5ccc(NC(=O)[C@H](CCCNC(N)=O)CC(=O)[C@@H](NC(=O)CCCCCN6C(=O)C=CC6=O)C(C)C)cc5)[C@@H]4C3)c12. The first-order valence-electron chi connectivity index (χ1n) is 24.6. The first kappa shape index (κ1) is 51.2. The van der Waals surface area contributed by atoms with Crippen LogP contribution in [0.1, 0.15) is 70.2 Å². The van der Waals surface area contributed by atoms with Crippen LogP contribution in [0.15, 0.2) is 67.0 Å². The lowest BCUT2D eigenvalue weighted by Gasteiger charge is -2.24. The summed E-state index contributed by atoms with van der Waals surface area (Å²) in [7, 11) is 1.86. The summed E-state index contributed by atoms with van der Waals surface area (Å²) in [5.41, 5.74) is 8.82. The predicted molar refractivity (Wildman–Crippen MR) is 270 cm³/mol. The number of ether oxygens (including phenoxy) is 2. The molecular weight excluding hydrogens is 939 g/mol. The maximum Gasteiger partial charge on any atom is 0.407 e. The van der Waals surface area contributed by atoms with Crippen molar-refractivity contribution in [2.24, 2.45) is 29.4 Å². The van der Waals surface area contributed by atoms with E-state index in [1.54, 1.807) is 43.6 Å². The lowest BCUT2D eigenvalue weighted by molar-refractivity contribution is -0.137. The number of ketones is 1. The summed E-state index contributed by atoms with van der Waals surface area (Å²) in [6.45, 7) is 7.16. The van der Waals surface area contributed by atoms with Crippen LogP contribution in [0.25, 0.3) is 21.9 Å². The van der Waals surface area contributed by atoms with E-state index in [0.717, 1.165) is 32.7 Å². The second kappa shape index (κ2) is 22.9. The van der Waals surface area contributed by atoms with Gasteiger partial charge in [0, 0.05) is 93.1 Å². The largest absolute Gasteiger partial charge is 0.445 e. The van der Waals surface area contributed by atoms with Crippen molar-refractivity contribution >= 4 is 80.7 Å². The molecule has 3 aliphatic rings. The molecule has 5 heterocycles. The van der Waals surface area contributed by atoms with Crippen LogP contribution in [0.2, 0.25) is 0 Å². The van der Waals surface area contributed by atoms with Crippen LogP contribution in [0.5, 0.6) is 11.8 Å². The molecule has 73 heavy (non-hydrogen) atoms. The number of rotatable bonds is 24. The van der Waals surface area contributed by atoms with E-state index in [1.807, 2.05) is 39.1 Å². The Morgan fingerprint density at radius 3 is 2.33 bits per heavy atom. The van der Waals surface area contributed by atoms with E-state index in [9.17, 15) is 33.6 Å². The Balaban J connectivity index is 0.814. The van der Waals surface area contributed by atoms with Gasteiger partial charge in [0.15, 0.2) is 11.5 Å². The molecule has 8 rings (SSSR count). The van der Waals surface area contributed by atoms with E-state index in [4.69, 9.17) is 25.2 Å². The Hall–Kier alpha value is -8.17. The number of H-pyrrole nitrogens is 1. The quantitative estimate of drug-likeness (QED) is 0.0316. The summed E-state index contributed by atoms with van der Waals surface area (Å²) in [5.74, 6) is -0.693. The zero-order chi connectivity index (χ0) is 51.8. The fourth-order valence-corrected chi connectivity index (χ4v) is 9.48. The molecule has 1 aliphatic carbocycles. The van der Waals surface area contributed by atoms with Gasteiger partial charge >= 0.3 is 18.1 Å². The standard InChI is InChI=1S/C51H61N13O9/c1-28(2)43(58-39(66)13-6-5-7-21-64-40(67)18-19-41(64)68)38(65)22-31(10-9-20-54-49(52)70)48(69)57-32-16-14-30(15-17-32)27-72-51(71)60-44-35-25-63(26-36(35)44)47-42-34-11-8-12-37(53-4)45(34)59-46(42)61-50(62-47)73-33-23-55-29(3)56-24-33/h8,11-12,14-19,23-24,28,31,35-36,43-44,53H,5-7,9-10,13,20-22,25-27H2,1-4H3,(H,57,69)(H,58,66)(H,60,71)(H3,52,54,70)(H,59,61,62)/t31-,35-,36+,43+,44?/m1/s1. The molecule has 3 aromatic heterocycles. The number of anilines is 3. The van der Waals surface area contributed by atoms with E-state index in [1.165, 1.54) is 12.2 Å².